The van der Waals surface area contributed by atoms with E-state index in [0.717, 1.165) is 21.6 Å². The van der Waals surface area contributed by atoms with Crippen molar-refractivity contribution >= 4 is 33.2 Å². The summed E-state index contributed by atoms with van der Waals surface area (Å²) >= 11 is 5.18. The molecule has 3 rings (SSSR count). The maximum Gasteiger partial charge on any atom is 0.312 e. The van der Waals surface area contributed by atoms with Crippen LogP contribution in [-0.2, 0) is 22.4 Å². The van der Waals surface area contributed by atoms with E-state index in [-0.39, 0.29) is 12.4 Å². The van der Waals surface area contributed by atoms with Crippen LogP contribution in [0.1, 0.15) is 22.4 Å². The topological polar surface area (TPSA) is 39.2 Å². The van der Waals surface area contributed by atoms with Crippen LogP contribution in [0.2, 0.25) is 0 Å². The number of fused-ring (bicyclic) bond motifs is 3. The van der Waals surface area contributed by atoms with Gasteiger partial charge >= 0.3 is 5.97 Å². The number of benzene rings is 1. The molecule has 19 heavy (non-hydrogen) atoms. The SMILES string of the molecule is CCOC(=O)Cc1nc2c(s1)Cc1c(Br)cccc1-2. The summed E-state index contributed by atoms with van der Waals surface area (Å²) in [4.78, 5) is 17.3. The molecule has 1 heterocycles. The summed E-state index contributed by atoms with van der Waals surface area (Å²) in [6, 6.07) is 6.15. The van der Waals surface area contributed by atoms with Gasteiger partial charge in [0.15, 0.2) is 0 Å². The number of ether oxygens (including phenoxy) is 1. The Morgan fingerprint density at radius 2 is 2.37 bits per heavy atom. The highest BCUT2D eigenvalue weighted by Gasteiger charge is 2.25. The van der Waals surface area contributed by atoms with Crippen LogP contribution in [0.3, 0.4) is 0 Å². The Morgan fingerprint density at radius 3 is 3.16 bits per heavy atom. The average Bonchev–Trinajstić information content (AvgIpc) is 2.88. The Hall–Kier alpha value is -1.20. The summed E-state index contributed by atoms with van der Waals surface area (Å²) in [5, 5.41) is 0.842. The number of nitrogens with zero attached hydrogens (tertiary/aromatic N) is 1. The number of esters is 1. The molecule has 0 saturated heterocycles. The number of aromatic nitrogens is 1. The molecule has 1 aromatic carbocycles. The molecule has 3 nitrogen and oxygen atoms in total. The quantitative estimate of drug-likeness (QED) is 0.685. The van der Waals surface area contributed by atoms with Gasteiger partial charge in [0.1, 0.15) is 5.01 Å². The lowest BCUT2D eigenvalue weighted by atomic mass is 10.1. The maximum atomic E-state index is 11.5. The molecule has 0 atom stereocenters. The van der Waals surface area contributed by atoms with E-state index < -0.39 is 0 Å². The summed E-state index contributed by atoms with van der Waals surface area (Å²) in [7, 11) is 0. The zero-order chi connectivity index (χ0) is 13.4. The molecule has 0 amide bonds. The molecule has 1 aliphatic carbocycles. The average molecular weight is 338 g/mol. The van der Waals surface area contributed by atoms with Crippen molar-refractivity contribution in [2.45, 2.75) is 19.8 Å². The van der Waals surface area contributed by atoms with Crippen LogP contribution in [0.4, 0.5) is 0 Å². The fourth-order valence-electron chi connectivity index (χ4n) is 2.26. The van der Waals surface area contributed by atoms with Gasteiger partial charge in [-0.15, -0.1) is 11.3 Å². The summed E-state index contributed by atoms with van der Waals surface area (Å²) < 4.78 is 6.08. The molecular weight excluding hydrogens is 326 g/mol. The monoisotopic (exact) mass is 337 g/mol. The van der Waals surface area contributed by atoms with Gasteiger partial charge < -0.3 is 4.74 Å². The van der Waals surface area contributed by atoms with Crippen molar-refractivity contribution in [3.05, 3.63) is 38.1 Å². The van der Waals surface area contributed by atoms with Crippen molar-refractivity contribution in [2.24, 2.45) is 0 Å². The van der Waals surface area contributed by atoms with E-state index in [1.54, 1.807) is 11.3 Å². The molecule has 0 bridgehead atoms. The normalized spacial score (nSPS) is 12.1. The molecule has 0 saturated carbocycles. The van der Waals surface area contributed by atoms with Crippen molar-refractivity contribution < 1.29 is 9.53 Å². The zero-order valence-corrected chi connectivity index (χ0v) is 12.8. The number of rotatable bonds is 3. The Morgan fingerprint density at radius 1 is 1.53 bits per heavy atom. The van der Waals surface area contributed by atoms with Crippen LogP contribution >= 0.6 is 27.3 Å². The molecule has 1 aromatic heterocycles. The van der Waals surface area contributed by atoms with Crippen molar-refractivity contribution in [2.75, 3.05) is 6.61 Å². The van der Waals surface area contributed by atoms with Gasteiger partial charge in [-0.2, -0.15) is 0 Å². The Labute approximate surface area is 123 Å². The molecule has 98 valence electrons. The molecule has 0 radical (unpaired) electrons. The standard InChI is InChI=1S/C14H12BrNO2S/c1-2-18-13(17)7-12-16-14-8-4-3-5-10(15)9(8)6-11(14)19-12/h3-5H,2,6-7H2,1H3. The van der Waals surface area contributed by atoms with Crippen molar-refractivity contribution in [1.29, 1.82) is 0 Å². The lowest BCUT2D eigenvalue weighted by Crippen LogP contribution is -2.07. The third-order valence-corrected chi connectivity index (χ3v) is 4.85. The largest absolute Gasteiger partial charge is 0.466 e. The Bertz CT molecular complexity index is 651. The predicted octanol–water partition coefficient (Wildman–Crippen LogP) is 3.58. The first-order chi connectivity index (χ1) is 9.19. The van der Waals surface area contributed by atoms with Gasteiger partial charge in [-0.05, 0) is 18.6 Å². The molecule has 2 aromatic rings. The van der Waals surface area contributed by atoms with Gasteiger partial charge in [0.05, 0.1) is 18.7 Å². The second-order valence-electron chi connectivity index (χ2n) is 4.30. The molecule has 0 fully saturated rings. The highest BCUT2D eigenvalue weighted by Crippen LogP contribution is 2.42. The van der Waals surface area contributed by atoms with E-state index in [1.165, 1.54) is 16.0 Å². The number of halogens is 1. The molecule has 0 N–H and O–H groups in total. The van der Waals surface area contributed by atoms with Crippen LogP contribution in [-0.4, -0.2) is 17.6 Å². The predicted molar refractivity (Wildman–Crippen MR) is 78.4 cm³/mol. The van der Waals surface area contributed by atoms with Gasteiger partial charge in [-0.1, -0.05) is 28.1 Å². The highest BCUT2D eigenvalue weighted by molar-refractivity contribution is 9.10. The van der Waals surface area contributed by atoms with Crippen LogP contribution in [0.15, 0.2) is 22.7 Å². The van der Waals surface area contributed by atoms with Crippen molar-refractivity contribution in [1.82, 2.24) is 4.98 Å². The van der Waals surface area contributed by atoms with Crippen LogP contribution in [0, 0.1) is 0 Å². The molecular formula is C14H12BrNO2S. The number of carbonyl (C=O) groups excluding carboxylic acids is 1. The van der Waals surface area contributed by atoms with Gasteiger partial charge in [-0.25, -0.2) is 4.98 Å². The van der Waals surface area contributed by atoms with E-state index in [2.05, 4.69) is 33.0 Å². The van der Waals surface area contributed by atoms with Gasteiger partial charge in [0, 0.05) is 21.3 Å². The van der Waals surface area contributed by atoms with Gasteiger partial charge in [0.2, 0.25) is 0 Å². The lowest BCUT2D eigenvalue weighted by molar-refractivity contribution is -0.142. The second kappa shape index (κ2) is 5.06. The molecule has 0 unspecified atom stereocenters. The number of hydrogen-bond donors (Lipinski definition) is 0. The maximum absolute atomic E-state index is 11.5. The first kappa shape index (κ1) is 12.8. The molecule has 0 spiro atoms. The van der Waals surface area contributed by atoms with Gasteiger partial charge in [0.25, 0.3) is 0 Å². The zero-order valence-electron chi connectivity index (χ0n) is 10.4. The fraction of sp³-hybridized carbons (Fsp3) is 0.286. The van der Waals surface area contributed by atoms with Crippen molar-refractivity contribution in [3.63, 3.8) is 0 Å². The third kappa shape index (κ3) is 2.32. The molecule has 1 aliphatic rings. The summed E-state index contributed by atoms with van der Waals surface area (Å²) in [5.41, 5.74) is 3.50. The van der Waals surface area contributed by atoms with Gasteiger partial charge in [-0.3, -0.25) is 4.79 Å². The summed E-state index contributed by atoms with van der Waals surface area (Å²) in [5.74, 6) is -0.204. The minimum atomic E-state index is -0.204. The fourth-order valence-corrected chi connectivity index (χ4v) is 3.85. The lowest BCUT2D eigenvalue weighted by Gasteiger charge is -2.02. The van der Waals surface area contributed by atoms with E-state index in [0.29, 0.717) is 6.61 Å². The van der Waals surface area contributed by atoms with Crippen LogP contribution < -0.4 is 0 Å². The van der Waals surface area contributed by atoms with E-state index in [9.17, 15) is 4.79 Å². The summed E-state index contributed by atoms with van der Waals surface area (Å²) in [6.07, 6.45) is 1.17. The number of thiazole rings is 1. The molecule has 5 heteroatoms. The Kier molecular flexibility index (Phi) is 3.41. The highest BCUT2D eigenvalue weighted by atomic mass is 79.9. The summed E-state index contributed by atoms with van der Waals surface area (Å²) in [6.45, 7) is 2.23. The minimum absolute atomic E-state index is 0.204. The minimum Gasteiger partial charge on any atom is -0.466 e. The first-order valence-electron chi connectivity index (χ1n) is 6.11. The molecule has 0 aliphatic heterocycles. The van der Waals surface area contributed by atoms with Crippen LogP contribution in [0.5, 0.6) is 0 Å². The smallest absolute Gasteiger partial charge is 0.312 e. The second-order valence-corrected chi connectivity index (χ2v) is 6.33. The van der Waals surface area contributed by atoms with Crippen molar-refractivity contribution in [3.8, 4) is 11.3 Å². The Balaban J connectivity index is 1.89. The van der Waals surface area contributed by atoms with E-state index in [4.69, 9.17) is 4.74 Å². The van der Waals surface area contributed by atoms with E-state index >= 15 is 0 Å². The first-order valence-corrected chi connectivity index (χ1v) is 7.72. The number of hydrogen-bond acceptors (Lipinski definition) is 4. The van der Waals surface area contributed by atoms with Crippen LogP contribution in [0.25, 0.3) is 11.3 Å². The van der Waals surface area contributed by atoms with E-state index in [1.807, 2.05) is 13.0 Å². The third-order valence-electron chi connectivity index (χ3n) is 3.05. The number of carbonyl (C=O) groups is 1.